The van der Waals surface area contributed by atoms with Crippen molar-refractivity contribution < 1.29 is 9.47 Å². The van der Waals surface area contributed by atoms with Gasteiger partial charge in [0, 0.05) is 36.6 Å². The fourth-order valence-electron chi connectivity index (χ4n) is 2.75. The minimum absolute atomic E-state index is 0.149. The van der Waals surface area contributed by atoms with E-state index in [0.717, 1.165) is 48.9 Å². The summed E-state index contributed by atoms with van der Waals surface area (Å²) in [6, 6.07) is 6.26. The van der Waals surface area contributed by atoms with E-state index in [9.17, 15) is 0 Å². The number of benzene rings is 1. The first kappa shape index (κ1) is 16.5. The molecule has 6 heteroatoms. The zero-order valence-electron chi connectivity index (χ0n) is 13.7. The highest BCUT2D eigenvalue weighted by Crippen LogP contribution is 2.24. The standard InChI is InChI=1S/C17H25N3O2S/c1-13-2-3-14(16(10-13)22-15-4-7-21-12-15)11-19-17(18)20-5-8-23-9-6-20/h2-3,10,15H,4-9,11-12H2,1H3,(H2,18,19). The highest BCUT2D eigenvalue weighted by Gasteiger charge is 2.19. The van der Waals surface area contributed by atoms with E-state index in [1.165, 1.54) is 5.56 Å². The van der Waals surface area contributed by atoms with Crippen LogP contribution in [-0.2, 0) is 11.3 Å². The van der Waals surface area contributed by atoms with E-state index in [0.29, 0.717) is 19.1 Å². The molecule has 2 N–H and O–H groups in total. The van der Waals surface area contributed by atoms with Crippen LogP contribution in [0.3, 0.4) is 0 Å². The van der Waals surface area contributed by atoms with Crippen molar-refractivity contribution in [1.29, 1.82) is 0 Å². The normalized spacial score (nSPS) is 22.4. The molecule has 0 bridgehead atoms. The van der Waals surface area contributed by atoms with E-state index >= 15 is 0 Å². The van der Waals surface area contributed by atoms with Crippen LogP contribution in [0.1, 0.15) is 17.5 Å². The first-order valence-electron chi connectivity index (χ1n) is 8.19. The molecule has 0 radical (unpaired) electrons. The average Bonchev–Trinajstić information content (AvgIpc) is 3.08. The van der Waals surface area contributed by atoms with Gasteiger partial charge < -0.3 is 20.1 Å². The van der Waals surface area contributed by atoms with Gasteiger partial charge in [0.25, 0.3) is 0 Å². The Morgan fingerprint density at radius 3 is 3.00 bits per heavy atom. The molecule has 1 atom stereocenters. The Bertz CT molecular complexity index is 553. The molecule has 2 aliphatic heterocycles. The second-order valence-corrected chi connectivity index (χ2v) is 7.21. The molecule has 23 heavy (non-hydrogen) atoms. The highest BCUT2D eigenvalue weighted by atomic mass is 32.2. The van der Waals surface area contributed by atoms with Crippen LogP contribution in [-0.4, -0.2) is 54.8 Å². The van der Waals surface area contributed by atoms with Crippen molar-refractivity contribution >= 4 is 17.7 Å². The van der Waals surface area contributed by atoms with E-state index in [1.54, 1.807) is 0 Å². The van der Waals surface area contributed by atoms with Gasteiger partial charge in [0.1, 0.15) is 11.9 Å². The molecule has 2 fully saturated rings. The van der Waals surface area contributed by atoms with Gasteiger partial charge in [-0.25, -0.2) is 4.99 Å². The summed E-state index contributed by atoms with van der Waals surface area (Å²) in [5, 5.41) is 0. The van der Waals surface area contributed by atoms with Crippen molar-refractivity contribution in [1.82, 2.24) is 4.90 Å². The van der Waals surface area contributed by atoms with Crippen LogP contribution >= 0.6 is 11.8 Å². The Kier molecular flexibility index (Phi) is 5.67. The molecule has 1 aromatic carbocycles. The number of guanidine groups is 1. The van der Waals surface area contributed by atoms with Crippen LogP contribution in [0.25, 0.3) is 0 Å². The highest BCUT2D eigenvalue weighted by molar-refractivity contribution is 7.99. The quantitative estimate of drug-likeness (QED) is 0.674. The number of aryl methyl sites for hydroxylation is 1. The molecule has 0 amide bonds. The lowest BCUT2D eigenvalue weighted by Crippen LogP contribution is -2.42. The summed E-state index contributed by atoms with van der Waals surface area (Å²) >= 11 is 1.97. The Hall–Kier alpha value is -1.40. The van der Waals surface area contributed by atoms with Crippen LogP contribution in [0, 0.1) is 6.92 Å². The molecule has 5 nitrogen and oxygen atoms in total. The van der Waals surface area contributed by atoms with Gasteiger partial charge in [-0.15, -0.1) is 0 Å². The van der Waals surface area contributed by atoms with Gasteiger partial charge >= 0.3 is 0 Å². The Morgan fingerprint density at radius 1 is 1.43 bits per heavy atom. The second-order valence-electron chi connectivity index (χ2n) is 5.99. The zero-order valence-corrected chi connectivity index (χ0v) is 14.5. The van der Waals surface area contributed by atoms with E-state index in [2.05, 4.69) is 35.0 Å². The Labute approximate surface area is 142 Å². The minimum atomic E-state index is 0.149. The van der Waals surface area contributed by atoms with Gasteiger partial charge in [0.2, 0.25) is 0 Å². The lowest BCUT2D eigenvalue weighted by Gasteiger charge is -2.27. The van der Waals surface area contributed by atoms with Crippen molar-refractivity contribution in [2.24, 2.45) is 10.7 Å². The van der Waals surface area contributed by atoms with Crippen molar-refractivity contribution in [3.05, 3.63) is 29.3 Å². The maximum absolute atomic E-state index is 6.15. The maximum atomic E-state index is 6.15. The third-order valence-electron chi connectivity index (χ3n) is 4.15. The summed E-state index contributed by atoms with van der Waals surface area (Å²) in [6.07, 6.45) is 1.10. The number of thioether (sulfide) groups is 1. The van der Waals surface area contributed by atoms with Crippen LogP contribution in [0.15, 0.2) is 23.2 Å². The van der Waals surface area contributed by atoms with Crippen LogP contribution in [0.2, 0.25) is 0 Å². The van der Waals surface area contributed by atoms with Gasteiger partial charge in [-0.1, -0.05) is 12.1 Å². The van der Waals surface area contributed by atoms with E-state index < -0.39 is 0 Å². The summed E-state index contributed by atoms with van der Waals surface area (Å²) in [5.41, 5.74) is 8.41. The third-order valence-corrected chi connectivity index (χ3v) is 5.09. The molecule has 126 valence electrons. The largest absolute Gasteiger partial charge is 0.488 e. The van der Waals surface area contributed by atoms with E-state index in [4.69, 9.17) is 15.2 Å². The molecule has 1 unspecified atom stereocenters. The monoisotopic (exact) mass is 335 g/mol. The lowest BCUT2D eigenvalue weighted by atomic mass is 10.1. The summed E-state index contributed by atoms with van der Waals surface area (Å²) in [7, 11) is 0. The van der Waals surface area contributed by atoms with E-state index in [1.807, 2.05) is 11.8 Å². The maximum Gasteiger partial charge on any atom is 0.191 e. The second kappa shape index (κ2) is 7.93. The summed E-state index contributed by atoms with van der Waals surface area (Å²) in [5.74, 6) is 3.79. The number of nitrogens with two attached hydrogens (primary N) is 1. The number of hydrogen-bond acceptors (Lipinski definition) is 4. The fraction of sp³-hybridized carbons (Fsp3) is 0.588. The Balaban J connectivity index is 1.68. The smallest absolute Gasteiger partial charge is 0.191 e. The molecule has 3 rings (SSSR count). The Morgan fingerprint density at radius 2 is 2.26 bits per heavy atom. The van der Waals surface area contributed by atoms with Crippen LogP contribution in [0.4, 0.5) is 0 Å². The van der Waals surface area contributed by atoms with Crippen molar-refractivity contribution in [3.63, 3.8) is 0 Å². The third kappa shape index (κ3) is 4.54. The first-order chi connectivity index (χ1) is 11.2. The number of rotatable bonds is 4. The van der Waals surface area contributed by atoms with Gasteiger partial charge in [-0.2, -0.15) is 11.8 Å². The van der Waals surface area contributed by atoms with Crippen LogP contribution in [0.5, 0.6) is 5.75 Å². The van der Waals surface area contributed by atoms with Crippen molar-refractivity contribution in [3.8, 4) is 5.75 Å². The molecule has 2 saturated heterocycles. The summed E-state index contributed by atoms with van der Waals surface area (Å²) < 4.78 is 11.5. The molecular weight excluding hydrogens is 310 g/mol. The zero-order chi connectivity index (χ0) is 16.1. The van der Waals surface area contributed by atoms with Crippen molar-refractivity contribution in [2.75, 3.05) is 37.8 Å². The van der Waals surface area contributed by atoms with Gasteiger partial charge in [0.05, 0.1) is 19.8 Å². The molecule has 2 aliphatic rings. The molecule has 0 saturated carbocycles. The molecule has 0 aromatic heterocycles. The van der Waals surface area contributed by atoms with Gasteiger partial charge in [0.15, 0.2) is 5.96 Å². The average molecular weight is 335 g/mol. The van der Waals surface area contributed by atoms with E-state index in [-0.39, 0.29) is 6.10 Å². The molecule has 0 aliphatic carbocycles. The number of hydrogen-bond donors (Lipinski definition) is 1. The van der Waals surface area contributed by atoms with Gasteiger partial charge in [-0.05, 0) is 18.6 Å². The summed E-state index contributed by atoms with van der Waals surface area (Å²) in [6.45, 7) is 6.05. The summed E-state index contributed by atoms with van der Waals surface area (Å²) in [4.78, 5) is 6.75. The topological polar surface area (TPSA) is 60.1 Å². The molecule has 2 heterocycles. The number of nitrogens with zero attached hydrogens (tertiary/aromatic N) is 2. The molecule has 1 aromatic rings. The number of ether oxygens (including phenoxy) is 2. The fourth-order valence-corrected chi connectivity index (χ4v) is 3.65. The van der Waals surface area contributed by atoms with Gasteiger partial charge in [-0.3, -0.25) is 0 Å². The lowest BCUT2D eigenvalue weighted by molar-refractivity contribution is 0.140. The van der Waals surface area contributed by atoms with Crippen molar-refractivity contribution in [2.45, 2.75) is 26.0 Å². The minimum Gasteiger partial charge on any atom is -0.488 e. The predicted molar refractivity (Wildman–Crippen MR) is 95.3 cm³/mol. The molecular formula is C17H25N3O2S. The number of aliphatic imine (C=N–C) groups is 1. The predicted octanol–water partition coefficient (Wildman–Crippen LogP) is 2.03. The molecule has 0 spiro atoms. The first-order valence-corrected chi connectivity index (χ1v) is 9.34. The van der Waals surface area contributed by atoms with Crippen LogP contribution < -0.4 is 10.5 Å². The SMILES string of the molecule is Cc1ccc(CN=C(N)N2CCSCC2)c(OC2CCOC2)c1.